The highest BCUT2D eigenvalue weighted by Crippen LogP contribution is 2.32. The zero-order valence-electron chi connectivity index (χ0n) is 23.8. The van der Waals surface area contributed by atoms with Crippen molar-refractivity contribution in [3.05, 3.63) is 35.7 Å². The fourth-order valence-electron chi connectivity index (χ4n) is 6.46. The highest BCUT2D eigenvalue weighted by Gasteiger charge is 2.34. The van der Waals surface area contributed by atoms with Crippen molar-refractivity contribution in [2.24, 2.45) is 0 Å². The number of hydrogen-bond acceptors (Lipinski definition) is 7. The van der Waals surface area contributed by atoms with E-state index in [1.807, 2.05) is 23.7 Å². The number of aromatic nitrogens is 4. The van der Waals surface area contributed by atoms with Crippen LogP contribution in [0.25, 0.3) is 0 Å². The Morgan fingerprint density at radius 1 is 0.895 bits per heavy atom. The third kappa shape index (κ3) is 6.10. The third-order valence-corrected chi connectivity index (χ3v) is 8.74. The third-order valence-electron chi connectivity index (χ3n) is 8.74. The predicted molar refractivity (Wildman–Crippen MR) is 150 cm³/mol. The molecule has 3 fully saturated rings. The van der Waals surface area contributed by atoms with Crippen molar-refractivity contribution in [3.63, 3.8) is 0 Å². The molecule has 38 heavy (non-hydrogen) atoms. The number of nitrogens with one attached hydrogen (secondary N) is 1. The molecule has 2 unspecified atom stereocenters. The first-order valence-electron chi connectivity index (χ1n) is 14.7. The molecule has 2 atom stereocenters. The van der Waals surface area contributed by atoms with Gasteiger partial charge in [0.05, 0.1) is 17.6 Å². The molecular weight excluding hydrogens is 476 g/mol. The predicted octanol–water partition coefficient (Wildman–Crippen LogP) is 3.89. The van der Waals surface area contributed by atoms with Gasteiger partial charge in [-0.15, -0.1) is 5.10 Å². The summed E-state index contributed by atoms with van der Waals surface area (Å²) in [5.74, 6) is 0.940. The van der Waals surface area contributed by atoms with Gasteiger partial charge >= 0.3 is 0 Å². The Hall–Kier alpha value is -2.36. The normalized spacial score (nSPS) is 22.4. The Balaban J connectivity index is 1.33. The summed E-state index contributed by atoms with van der Waals surface area (Å²) in [6, 6.07) is 8.93. The van der Waals surface area contributed by atoms with Crippen LogP contribution in [0.3, 0.4) is 0 Å². The van der Waals surface area contributed by atoms with Gasteiger partial charge in [-0.2, -0.15) is 0 Å². The first kappa shape index (κ1) is 27.2. The van der Waals surface area contributed by atoms with Gasteiger partial charge in [0.2, 0.25) is 5.91 Å². The first-order chi connectivity index (χ1) is 18.3. The maximum Gasteiger partial charge on any atom is 0.241 e. The lowest BCUT2D eigenvalue weighted by molar-refractivity contribution is -0.120. The minimum Gasteiger partial charge on any atom is -0.325 e. The van der Waals surface area contributed by atoms with E-state index in [-0.39, 0.29) is 23.5 Å². The Labute approximate surface area is 227 Å². The summed E-state index contributed by atoms with van der Waals surface area (Å²) in [5.41, 5.74) is 1.77. The topological polar surface area (TPSA) is 82.4 Å². The van der Waals surface area contributed by atoms with Gasteiger partial charge in [-0.3, -0.25) is 19.5 Å². The van der Waals surface area contributed by atoms with E-state index in [0.717, 1.165) is 62.4 Å². The van der Waals surface area contributed by atoms with E-state index in [0.29, 0.717) is 0 Å². The summed E-state index contributed by atoms with van der Waals surface area (Å²) in [6.07, 6.45) is 9.17. The summed E-state index contributed by atoms with van der Waals surface area (Å²) in [6.45, 7) is 14.6. The van der Waals surface area contributed by atoms with E-state index in [4.69, 9.17) is 0 Å². The van der Waals surface area contributed by atoms with Crippen molar-refractivity contribution in [1.82, 2.24) is 34.9 Å². The number of tetrazole rings is 1. The fourth-order valence-corrected chi connectivity index (χ4v) is 6.46. The smallest absolute Gasteiger partial charge is 0.241 e. The first-order valence-corrected chi connectivity index (χ1v) is 14.7. The van der Waals surface area contributed by atoms with Crippen molar-refractivity contribution < 1.29 is 4.79 Å². The number of nitrogens with zero attached hydrogens (tertiary/aromatic N) is 7. The number of piperazine rings is 1. The Kier molecular flexibility index (Phi) is 8.45. The molecule has 9 heteroatoms. The summed E-state index contributed by atoms with van der Waals surface area (Å²) < 4.78 is 1.97. The minimum absolute atomic E-state index is 0.0361. The highest BCUT2D eigenvalue weighted by molar-refractivity contribution is 5.94. The van der Waals surface area contributed by atoms with Gasteiger partial charge in [0.15, 0.2) is 5.82 Å². The lowest BCUT2D eigenvalue weighted by Crippen LogP contribution is -2.52. The largest absolute Gasteiger partial charge is 0.325 e. The Bertz CT molecular complexity index is 1040. The van der Waals surface area contributed by atoms with Crippen LogP contribution >= 0.6 is 0 Å². The highest BCUT2D eigenvalue weighted by atomic mass is 16.2. The second kappa shape index (κ2) is 11.8. The number of rotatable bonds is 7. The van der Waals surface area contributed by atoms with Crippen LogP contribution in [-0.2, 0) is 10.3 Å². The summed E-state index contributed by atoms with van der Waals surface area (Å²) in [4.78, 5) is 20.4. The average Bonchev–Trinajstić information content (AvgIpc) is 3.63. The molecule has 1 N–H and O–H groups in total. The van der Waals surface area contributed by atoms with Gasteiger partial charge in [-0.1, -0.05) is 31.4 Å². The number of likely N-dealkylation sites (tertiary alicyclic amines) is 1. The van der Waals surface area contributed by atoms with Crippen molar-refractivity contribution >= 4 is 11.6 Å². The second-order valence-electron chi connectivity index (χ2n) is 12.4. The van der Waals surface area contributed by atoms with Crippen LogP contribution in [0, 0.1) is 0 Å². The molecule has 1 saturated carbocycles. The van der Waals surface area contributed by atoms with E-state index in [9.17, 15) is 4.79 Å². The molecule has 2 aromatic rings. The Morgan fingerprint density at radius 3 is 2.18 bits per heavy atom. The van der Waals surface area contributed by atoms with Gasteiger partial charge in [-0.05, 0) is 94.6 Å². The number of amides is 1. The molecule has 1 aromatic carbocycles. The number of hydrogen-bond donors (Lipinski definition) is 1. The van der Waals surface area contributed by atoms with Gasteiger partial charge in [0, 0.05) is 37.9 Å². The molecule has 0 spiro atoms. The number of carbonyl (C=O) groups is 1. The second-order valence-corrected chi connectivity index (χ2v) is 12.4. The Morgan fingerprint density at radius 2 is 1.55 bits per heavy atom. The van der Waals surface area contributed by atoms with Crippen LogP contribution in [0.2, 0.25) is 0 Å². The zero-order valence-corrected chi connectivity index (χ0v) is 23.8. The zero-order chi connectivity index (χ0) is 26.7. The molecule has 208 valence electrons. The molecule has 3 heterocycles. The monoisotopic (exact) mass is 522 g/mol. The SMILES string of the molecule is CC(C(=O)Nc1ccc(C(c2nnnn2C(C)(C)C)N2CCN(C3CCCCC3)CC2)cc1)N1CCCC1. The van der Waals surface area contributed by atoms with Crippen LogP contribution < -0.4 is 5.32 Å². The molecule has 3 aliphatic rings. The molecule has 2 saturated heterocycles. The van der Waals surface area contributed by atoms with Crippen LogP contribution in [0.4, 0.5) is 5.69 Å². The minimum atomic E-state index is -0.222. The summed E-state index contributed by atoms with van der Waals surface area (Å²) >= 11 is 0. The van der Waals surface area contributed by atoms with Gasteiger partial charge < -0.3 is 5.32 Å². The molecule has 0 bridgehead atoms. The van der Waals surface area contributed by atoms with Crippen molar-refractivity contribution in [2.75, 3.05) is 44.6 Å². The van der Waals surface area contributed by atoms with Crippen molar-refractivity contribution in [3.8, 4) is 0 Å². The standard InChI is InChI=1S/C29H46N8O/c1-22(34-16-8-9-17-34)28(38)30-24-14-12-23(13-15-24)26(27-31-32-33-37(27)29(2,3)4)36-20-18-35(19-21-36)25-10-6-5-7-11-25/h12-15,22,25-26H,5-11,16-21H2,1-4H3,(H,30,38). The molecule has 1 aliphatic carbocycles. The molecule has 5 rings (SSSR count). The molecule has 9 nitrogen and oxygen atoms in total. The molecule has 1 amide bonds. The van der Waals surface area contributed by atoms with E-state index in [1.54, 1.807) is 0 Å². The summed E-state index contributed by atoms with van der Waals surface area (Å²) in [5, 5.41) is 16.2. The fraction of sp³-hybridized carbons (Fsp3) is 0.724. The van der Waals surface area contributed by atoms with Crippen molar-refractivity contribution in [1.29, 1.82) is 0 Å². The molecule has 0 radical (unpaired) electrons. The van der Waals surface area contributed by atoms with E-state index in [2.05, 4.69) is 68.4 Å². The maximum absolute atomic E-state index is 12.9. The van der Waals surface area contributed by atoms with Crippen LogP contribution in [-0.4, -0.2) is 92.2 Å². The molecule has 1 aromatic heterocycles. The van der Waals surface area contributed by atoms with Crippen LogP contribution in [0.1, 0.15) is 90.1 Å². The van der Waals surface area contributed by atoms with E-state index in [1.165, 1.54) is 44.9 Å². The van der Waals surface area contributed by atoms with Gasteiger partial charge in [0.25, 0.3) is 0 Å². The van der Waals surface area contributed by atoms with Crippen molar-refractivity contribution in [2.45, 2.75) is 96.3 Å². The lowest BCUT2D eigenvalue weighted by atomic mass is 9.93. The quantitative estimate of drug-likeness (QED) is 0.591. The van der Waals surface area contributed by atoms with Crippen LogP contribution in [0.15, 0.2) is 24.3 Å². The molecular formula is C29H46N8O. The van der Waals surface area contributed by atoms with E-state index < -0.39 is 0 Å². The summed E-state index contributed by atoms with van der Waals surface area (Å²) in [7, 11) is 0. The van der Waals surface area contributed by atoms with Crippen LogP contribution in [0.5, 0.6) is 0 Å². The number of benzene rings is 1. The number of anilines is 1. The molecule has 2 aliphatic heterocycles. The lowest BCUT2D eigenvalue weighted by Gasteiger charge is -2.43. The van der Waals surface area contributed by atoms with Gasteiger partial charge in [0.1, 0.15) is 0 Å². The number of carbonyl (C=O) groups excluding carboxylic acids is 1. The van der Waals surface area contributed by atoms with Gasteiger partial charge in [-0.25, -0.2) is 4.68 Å². The average molecular weight is 523 g/mol. The maximum atomic E-state index is 12.9. The van der Waals surface area contributed by atoms with E-state index >= 15 is 0 Å².